The van der Waals surface area contributed by atoms with Crippen LogP contribution in [0.4, 0.5) is 0 Å². The highest BCUT2D eigenvalue weighted by molar-refractivity contribution is 4.57. The van der Waals surface area contributed by atoms with Crippen molar-refractivity contribution in [3.63, 3.8) is 0 Å². The maximum absolute atomic E-state index is 7.57. The van der Waals surface area contributed by atoms with Crippen molar-refractivity contribution in [2.24, 2.45) is 0 Å². The molecule has 0 radical (unpaired) electrons. The molecule has 1 fully saturated rings. The number of rotatable bonds is 0. The third-order valence-electron chi connectivity index (χ3n) is 0.927. The molecule has 1 aliphatic rings. The van der Waals surface area contributed by atoms with Gasteiger partial charge in [-0.15, -0.1) is 0 Å². The Labute approximate surface area is 57.8 Å². The zero-order chi connectivity index (χ0) is 6.41. The molecule has 0 saturated carbocycles. The summed E-state index contributed by atoms with van der Waals surface area (Å²) in [6.07, 6.45) is 1.83. The average Bonchev–Trinajstić information content (AvgIpc) is 1.64. The average molecular weight is 134 g/mol. The van der Waals surface area contributed by atoms with Crippen LogP contribution in [0.1, 0.15) is 27.7 Å². The molecule has 1 atom stereocenters. The molecule has 0 aromatic carbocycles. The van der Waals surface area contributed by atoms with Crippen molar-refractivity contribution in [1.29, 1.82) is 0 Å². The first-order chi connectivity index (χ1) is 3.81. The van der Waals surface area contributed by atoms with Gasteiger partial charge in [0.25, 0.3) is 0 Å². The van der Waals surface area contributed by atoms with E-state index in [2.05, 4.69) is 6.92 Å². The van der Waals surface area contributed by atoms with Gasteiger partial charge in [0.2, 0.25) is 0 Å². The lowest BCUT2D eigenvalue weighted by molar-refractivity contribution is -0.0375. The highest BCUT2D eigenvalue weighted by Gasteiger charge is 2.09. The number of aliphatic hydroxyl groups is 1. The number of hydrogen-bond donors (Lipinski definition) is 1. The Kier molecular flexibility index (Phi) is 10.3. The van der Waals surface area contributed by atoms with E-state index >= 15 is 0 Å². The first kappa shape index (κ1) is 11.7. The number of aliphatic hydroxyl groups excluding tert-OH is 1. The summed E-state index contributed by atoms with van der Waals surface area (Å²) in [4.78, 5) is 0. The molecule has 0 aromatic rings. The van der Waals surface area contributed by atoms with Crippen molar-refractivity contribution >= 4 is 0 Å². The third-order valence-corrected chi connectivity index (χ3v) is 0.927. The molecule has 9 heavy (non-hydrogen) atoms. The molecule has 0 aromatic heterocycles. The summed E-state index contributed by atoms with van der Waals surface area (Å²) in [5.41, 5.74) is 0. The number of ether oxygens (including phenoxy) is 1. The lowest BCUT2D eigenvalue weighted by atomic mass is 10.2. The predicted molar refractivity (Wildman–Crippen MR) is 39.5 cm³/mol. The Balaban J connectivity index is 0. The van der Waals surface area contributed by atoms with Crippen LogP contribution in [0, 0.1) is 0 Å². The van der Waals surface area contributed by atoms with Crippen LogP contribution in [0.25, 0.3) is 0 Å². The van der Waals surface area contributed by atoms with Crippen molar-refractivity contribution in [3.8, 4) is 0 Å². The Hall–Kier alpha value is -0.0800. The van der Waals surface area contributed by atoms with Crippen molar-refractivity contribution in [1.82, 2.24) is 0 Å². The summed E-state index contributed by atoms with van der Waals surface area (Å²) in [6, 6.07) is 0. The summed E-state index contributed by atoms with van der Waals surface area (Å²) in [6.45, 7) is 5.00. The zero-order valence-corrected chi connectivity index (χ0v) is 5.55. The summed E-state index contributed by atoms with van der Waals surface area (Å²) in [5, 5.41) is 7.57. The van der Waals surface area contributed by atoms with Crippen molar-refractivity contribution < 1.29 is 9.84 Å². The number of hydrogen-bond acceptors (Lipinski definition) is 2. The van der Waals surface area contributed by atoms with Gasteiger partial charge in [-0.25, -0.2) is 0 Å². The molecular formula is C7H18O2. The van der Waals surface area contributed by atoms with Gasteiger partial charge in [0, 0.05) is 13.2 Å². The second kappa shape index (κ2) is 7.92. The first-order valence-electron chi connectivity index (χ1n) is 3.03. The van der Waals surface area contributed by atoms with Gasteiger partial charge in [-0.3, -0.25) is 0 Å². The van der Waals surface area contributed by atoms with E-state index in [-0.39, 0.29) is 14.0 Å². The van der Waals surface area contributed by atoms with E-state index < -0.39 is 0 Å². The maximum Gasteiger partial charge on any atom is 0.0568 e. The minimum Gasteiger partial charge on any atom is -0.397 e. The molecule has 1 aliphatic heterocycles. The zero-order valence-electron chi connectivity index (χ0n) is 5.55. The van der Waals surface area contributed by atoms with Crippen molar-refractivity contribution in [2.75, 3.05) is 13.2 Å². The first-order valence-corrected chi connectivity index (χ1v) is 3.03. The SMILES string of the molecule is C.CC1CCO1.CCO. The quantitative estimate of drug-likeness (QED) is 0.543. The maximum atomic E-state index is 7.57. The van der Waals surface area contributed by atoms with E-state index in [0.717, 1.165) is 6.61 Å². The molecular weight excluding hydrogens is 116 g/mol. The molecule has 1 N–H and O–H groups in total. The van der Waals surface area contributed by atoms with Gasteiger partial charge in [-0.1, -0.05) is 7.43 Å². The fourth-order valence-electron chi connectivity index (χ4n) is 0.354. The van der Waals surface area contributed by atoms with Gasteiger partial charge in [0.15, 0.2) is 0 Å². The molecule has 0 spiro atoms. The molecule has 58 valence electrons. The van der Waals surface area contributed by atoms with Crippen LogP contribution >= 0.6 is 0 Å². The van der Waals surface area contributed by atoms with Crippen molar-refractivity contribution in [2.45, 2.75) is 33.8 Å². The second-order valence-corrected chi connectivity index (χ2v) is 1.79. The molecule has 1 saturated heterocycles. The Morgan fingerprint density at radius 3 is 1.89 bits per heavy atom. The smallest absolute Gasteiger partial charge is 0.0568 e. The molecule has 0 amide bonds. The molecule has 2 nitrogen and oxygen atoms in total. The van der Waals surface area contributed by atoms with E-state index in [4.69, 9.17) is 9.84 Å². The highest BCUT2D eigenvalue weighted by Crippen LogP contribution is 2.07. The molecule has 1 heterocycles. The van der Waals surface area contributed by atoms with Crippen LogP contribution < -0.4 is 0 Å². The fourth-order valence-corrected chi connectivity index (χ4v) is 0.354. The van der Waals surface area contributed by atoms with Crippen LogP contribution in [-0.2, 0) is 4.74 Å². The normalized spacial score (nSPS) is 22.3. The van der Waals surface area contributed by atoms with E-state index in [1.807, 2.05) is 0 Å². The Morgan fingerprint density at radius 2 is 1.89 bits per heavy atom. The standard InChI is InChI=1S/C4H8O.C2H6O.CH4/c1-4-2-3-5-4;1-2-3;/h4H,2-3H2,1H3;3H,2H2,1H3;1H4. The Morgan fingerprint density at radius 1 is 1.67 bits per heavy atom. The lowest BCUT2D eigenvalue weighted by Gasteiger charge is -2.20. The van der Waals surface area contributed by atoms with Crippen LogP contribution in [0.2, 0.25) is 0 Å². The molecule has 0 bridgehead atoms. The molecule has 1 rings (SSSR count). The van der Waals surface area contributed by atoms with Gasteiger partial charge >= 0.3 is 0 Å². The minimum atomic E-state index is 0. The highest BCUT2D eigenvalue weighted by atomic mass is 16.5. The summed E-state index contributed by atoms with van der Waals surface area (Å²) < 4.78 is 4.93. The summed E-state index contributed by atoms with van der Waals surface area (Å²) in [7, 11) is 0. The fraction of sp³-hybridized carbons (Fsp3) is 1.00. The third kappa shape index (κ3) is 7.92. The van der Waals surface area contributed by atoms with Gasteiger partial charge in [-0.05, 0) is 20.3 Å². The monoisotopic (exact) mass is 134 g/mol. The largest absolute Gasteiger partial charge is 0.397 e. The van der Waals surface area contributed by atoms with Crippen LogP contribution in [0.5, 0.6) is 0 Å². The molecule has 1 unspecified atom stereocenters. The van der Waals surface area contributed by atoms with Gasteiger partial charge < -0.3 is 9.84 Å². The van der Waals surface area contributed by atoms with E-state index in [1.54, 1.807) is 6.92 Å². The van der Waals surface area contributed by atoms with E-state index in [0.29, 0.717) is 6.10 Å². The minimum absolute atomic E-state index is 0. The predicted octanol–water partition coefficient (Wildman–Crippen LogP) is 1.43. The van der Waals surface area contributed by atoms with Crippen LogP contribution in [0.15, 0.2) is 0 Å². The van der Waals surface area contributed by atoms with Crippen molar-refractivity contribution in [3.05, 3.63) is 0 Å². The lowest BCUT2D eigenvalue weighted by Crippen LogP contribution is -2.22. The second-order valence-electron chi connectivity index (χ2n) is 1.79. The topological polar surface area (TPSA) is 29.5 Å². The van der Waals surface area contributed by atoms with Gasteiger partial charge in [0.1, 0.15) is 0 Å². The summed E-state index contributed by atoms with van der Waals surface area (Å²) in [5.74, 6) is 0. The molecule has 2 heteroatoms. The van der Waals surface area contributed by atoms with Crippen LogP contribution in [-0.4, -0.2) is 24.4 Å². The van der Waals surface area contributed by atoms with Crippen LogP contribution in [0.3, 0.4) is 0 Å². The summed E-state index contributed by atoms with van der Waals surface area (Å²) >= 11 is 0. The van der Waals surface area contributed by atoms with Gasteiger partial charge in [0.05, 0.1) is 6.10 Å². The Bertz CT molecular complexity index is 42.2. The van der Waals surface area contributed by atoms with E-state index in [1.165, 1.54) is 6.42 Å². The van der Waals surface area contributed by atoms with E-state index in [9.17, 15) is 0 Å². The molecule has 0 aliphatic carbocycles. The van der Waals surface area contributed by atoms with Gasteiger partial charge in [-0.2, -0.15) is 0 Å².